The minimum absolute atomic E-state index is 0.297. The van der Waals surface area contributed by atoms with Crippen LogP contribution >= 0.6 is 23.1 Å². The number of rotatable bonds is 4. The Hall–Kier alpha value is -1.60. The van der Waals surface area contributed by atoms with Gasteiger partial charge in [-0.15, -0.1) is 18.2 Å². The van der Waals surface area contributed by atoms with Crippen LogP contribution in [0.1, 0.15) is 19.3 Å². The van der Waals surface area contributed by atoms with Gasteiger partial charge in [-0.1, -0.05) is 23.7 Å². The number of thioether (sulfide) groups is 1. The molecule has 1 aliphatic rings. The van der Waals surface area contributed by atoms with E-state index in [4.69, 9.17) is 6.42 Å². The highest BCUT2D eigenvalue weighted by Gasteiger charge is 2.34. The summed E-state index contributed by atoms with van der Waals surface area (Å²) in [5, 5.41) is 0. The summed E-state index contributed by atoms with van der Waals surface area (Å²) < 4.78 is 28.2. The Morgan fingerprint density at radius 1 is 1.44 bits per heavy atom. The van der Waals surface area contributed by atoms with Crippen molar-refractivity contribution >= 4 is 49.2 Å². The zero-order valence-electron chi connectivity index (χ0n) is 15.2. The molecule has 0 aliphatic carbocycles. The number of carbonyl (C=O) groups excluding carboxylic acids is 1. The fraction of sp³-hybridized carbons (Fsp3) is 0.444. The molecule has 0 saturated carbocycles. The second-order valence-electron chi connectivity index (χ2n) is 6.34. The lowest BCUT2D eigenvalue weighted by Gasteiger charge is -2.31. The molecule has 9 heteroatoms. The number of nitrogens with zero attached hydrogens (tertiary/aromatic N) is 3. The number of carbonyl (C=O) groups is 1. The molecule has 1 aromatic heterocycles. The molecule has 0 radical (unpaired) electrons. The smallest absolute Gasteiger partial charge is 0.266 e. The van der Waals surface area contributed by atoms with E-state index < -0.39 is 22.0 Å². The largest absolute Gasteiger partial charge is 0.305 e. The first-order valence-electron chi connectivity index (χ1n) is 8.51. The summed E-state index contributed by atoms with van der Waals surface area (Å²) in [6, 6.07) is 5.29. The predicted molar refractivity (Wildman–Crippen MR) is 110 cm³/mol. The standard InChI is InChI=1S/C18H21N3O3S3/c1-4-10-20-14-9-8-13(25-2)12-16(14)26-18(20)19-17(22)15-7-5-6-11-21(15)27(3,23)24/h1,8-9,12,15H,5-7,10-11H2,2-3H3. The Bertz CT molecular complexity index is 1080. The summed E-state index contributed by atoms with van der Waals surface area (Å²) in [5.74, 6) is 2.18. The molecular formula is C18H21N3O3S3. The van der Waals surface area contributed by atoms with Crippen LogP contribution in [0.5, 0.6) is 0 Å². The van der Waals surface area contributed by atoms with Crippen LogP contribution < -0.4 is 4.80 Å². The number of terminal acetylenes is 1. The highest BCUT2D eigenvalue weighted by atomic mass is 32.2. The van der Waals surface area contributed by atoms with Crippen LogP contribution in [0.15, 0.2) is 28.1 Å². The molecule has 1 fully saturated rings. The van der Waals surface area contributed by atoms with Crippen LogP contribution in [0.4, 0.5) is 0 Å². The average Bonchev–Trinajstić information content (AvgIpc) is 2.97. The van der Waals surface area contributed by atoms with Crippen LogP contribution in [0.2, 0.25) is 0 Å². The van der Waals surface area contributed by atoms with E-state index in [1.165, 1.54) is 15.6 Å². The van der Waals surface area contributed by atoms with Crippen molar-refractivity contribution in [3.63, 3.8) is 0 Å². The number of amides is 1. The number of hydrogen-bond acceptors (Lipinski definition) is 5. The van der Waals surface area contributed by atoms with E-state index in [0.29, 0.717) is 24.3 Å². The molecule has 27 heavy (non-hydrogen) atoms. The van der Waals surface area contributed by atoms with Gasteiger partial charge in [0.2, 0.25) is 10.0 Å². The molecule has 1 aromatic carbocycles. The minimum atomic E-state index is -3.45. The predicted octanol–water partition coefficient (Wildman–Crippen LogP) is 2.30. The minimum Gasteiger partial charge on any atom is -0.305 e. The lowest BCUT2D eigenvalue weighted by Crippen LogP contribution is -2.47. The first-order chi connectivity index (χ1) is 12.8. The molecule has 1 atom stereocenters. The molecule has 1 amide bonds. The lowest BCUT2D eigenvalue weighted by molar-refractivity contribution is -0.122. The van der Waals surface area contributed by atoms with Gasteiger partial charge in [-0.2, -0.15) is 9.30 Å². The number of thiazole rings is 1. The zero-order valence-corrected chi connectivity index (χ0v) is 17.7. The Labute approximate surface area is 167 Å². The van der Waals surface area contributed by atoms with E-state index in [2.05, 4.69) is 10.9 Å². The van der Waals surface area contributed by atoms with Gasteiger partial charge in [0.25, 0.3) is 5.91 Å². The number of piperidine rings is 1. The van der Waals surface area contributed by atoms with Gasteiger partial charge in [-0.3, -0.25) is 4.79 Å². The average molecular weight is 424 g/mol. The Morgan fingerprint density at radius 2 is 2.22 bits per heavy atom. The van der Waals surface area contributed by atoms with Gasteiger partial charge in [-0.25, -0.2) is 8.42 Å². The molecule has 2 aromatic rings. The Balaban J connectivity index is 2.07. The molecule has 6 nitrogen and oxygen atoms in total. The first-order valence-corrected chi connectivity index (χ1v) is 12.4. The van der Waals surface area contributed by atoms with Crippen molar-refractivity contribution in [3.8, 4) is 12.3 Å². The topological polar surface area (TPSA) is 71.7 Å². The zero-order chi connectivity index (χ0) is 19.6. The summed E-state index contributed by atoms with van der Waals surface area (Å²) in [6.07, 6.45) is 10.7. The van der Waals surface area contributed by atoms with Crippen molar-refractivity contribution < 1.29 is 13.2 Å². The molecule has 1 saturated heterocycles. The van der Waals surface area contributed by atoms with Crippen molar-refractivity contribution in [2.24, 2.45) is 4.99 Å². The molecule has 0 spiro atoms. The fourth-order valence-electron chi connectivity index (χ4n) is 3.23. The fourth-order valence-corrected chi connectivity index (χ4v) is 5.93. The molecule has 2 heterocycles. The van der Waals surface area contributed by atoms with E-state index in [-0.39, 0.29) is 0 Å². The molecule has 3 rings (SSSR count). The third kappa shape index (κ3) is 4.29. The molecule has 144 valence electrons. The van der Waals surface area contributed by atoms with Crippen molar-refractivity contribution in [1.29, 1.82) is 0 Å². The summed E-state index contributed by atoms with van der Waals surface area (Å²) in [4.78, 5) is 18.8. The van der Waals surface area contributed by atoms with Gasteiger partial charge in [0, 0.05) is 11.4 Å². The van der Waals surface area contributed by atoms with E-state index >= 15 is 0 Å². The summed E-state index contributed by atoms with van der Waals surface area (Å²) in [5.41, 5.74) is 0.922. The summed E-state index contributed by atoms with van der Waals surface area (Å²) >= 11 is 3.03. The third-order valence-corrected chi connectivity index (χ3v) is 7.57. The van der Waals surface area contributed by atoms with Gasteiger partial charge in [0.05, 0.1) is 23.0 Å². The van der Waals surface area contributed by atoms with Crippen LogP contribution in [0, 0.1) is 12.3 Å². The molecule has 1 aliphatic heterocycles. The van der Waals surface area contributed by atoms with E-state index in [1.807, 2.05) is 29.0 Å². The quantitative estimate of drug-likeness (QED) is 0.559. The van der Waals surface area contributed by atoms with Crippen molar-refractivity contribution in [3.05, 3.63) is 23.0 Å². The Morgan fingerprint density at radius 3 is 2.89 bits per heavy atom. The SMILES string of the molecule is C#CCn1c(=NC(=O)C2CCCCN2S(C)(=O)=O)sc2cc(SC)ccc21. The van der Waals surface area contributed by atoms with Crippen LogP contribution in [0.3, 0.4) is 0 Å². The van der Waals surface area contributed by atoms with E-state index in [9.17, 15) is 13.2 Å². The van der Waals surface area contributed by atoms with Gasteiger partial charge in [0.1, 0.15) is 6.04 Å². The number of fused-ring (bicyclic) bond motifs is 1. The summed E-state index contributed by atoms with van der Waals surface area (Å²) in [6.45, 7) is 0.657. The molecule has 0 bridgehead atoms. The molecule has 0 N–H and O–H groups in total. The van der Waals surface area contributed by atoms with Crippen molar-refractivity contribution in [2.75, 3.05) is 19.1 Å². The van der Waals surface area contributed by atoms with E-state index in [0.717, 1.165) is 34.2 Å². The van der Waals surface area contributed by atoms with Gasteiger partial charge >= 0.3 is 0 Å². The number of hydrogen-bond donors (Lipinski definition) is 0. The third-order valence-electron chi connectivity index (χ3n) is 4.51. The normalized spacial score (nSPS) is 19.3. The van der Waals surface area contributed by atoms with Crippen LogP contribution in [-0.2, 0) is 21.4 Å². The maximum Gasteiger partial charge on any atom is 0.266 e. The maximum absolute atomic E-state index is 12.8. The molecular weight excluding hydrogens is 402 g/mol. The second kappa shape index (κ2) is 8.19. The second-order valence-corrected chi connectivity index (χ2v) is 10.2. The van der Waals surface area contributed by atoms with E-state index in [1.54, 1.807) is 11.8 Å². The number of aromatic nitrogens is 1. The van der Waals surface area contributed by atoms with Crippen LogP contribution in [-0.4, -0.2) is 48.3 Å². The van der Waals surface area contributed by atoms with Gasteiger partial charge < -0.3 is 4.57 Å². The highest BCUT2D eigenvalue weighted by molar-refractivity contribution is 7.98. The first kappa shape index (κ1) is 20.1. The van der Waals surface area contributed by atoms with Crippen LogP contribution in [0.25, 0.3) is 10.2 Å². The van der Waals surface area contributed by atoms with Crippen molar-refractivity contribution in [2.45, 2.75) is 36.7 Å². The summed E-state index contributed by atoms with van der Waals surface area (Å²) in [7, 11) is -3.45. The van der Waals surface area contributed by atoms with Gasteiger partial charge in [0.15, 0.2) is 4.80 Å². The number of benzene rings is 1. The Kier molecular flexibility index (Phi) is 6.11. The highest BCUT2D eigenvalue weighted by Crippen LogP contribution is 2.25. The lowest BCUT2D eigenvalue weighted by atomic mass is 10.0. The number of sulfonamides is 1. The van der Waals surface area contributed by atoms with Crippen molar-refractivity contribution in [1.82, 2.24) is 8.87 Å². The van der Waals surface area contributed by atoms with Gasteiger partial charge in [-0.05, 0) is 37.3 Å². The monoisotopic (exact) mass is 423 g/mol. The molecule has 1 unspecified atom stereocenters. The maximum atomic E-state index is 12.8.